The van der Waals surface area contributed by atoms with Crippen LogP contribution in [0.25, 0.3) is 0 Å². The van der Waals surface area contributed by atoms with Gasteiger partial charge < -0.3 is 15.5 Å². The van der Waals surface area contributed by atoms with Crippen molar-refractivity contribution in [1.82, 2.24) is 15.5 Å². The number of thiocarbonyl (C=S) groups is 1. The molecular formula is C17H22ClN3S. The quantitative estimate of drug-likeness (QED) is 0.827. The molecular weight excluding hydrogens is 314 g/mol. The molecule has 0 saturated carbocycles. The molecule has 3 nitrogen and oxygen atoms in total. The maximum absolute atomic E-state index is 6.42. The molecule has 2 atom stereocenters. The Kier molecular flexibility index (Phi) is 4.71. The first-order chi connectivity index (χ1) is 10.6. The zero-order valence-electron chi connectivity index (χ0n) is 13.0. The highest BCUT2D eigenvalue weighted by molar-refractivity contribution is 7.80. The van der Waals surface area contributed by atoms with E-state index >= 15 is 0 Å². The number of benzene rings is 1. The van der Waals surface area contributed by atoms with Crippen LogP contribution in [-0.4, -0.2) is 30.7 Å². The molecule has 1 aromatic rings. The van der Waals surface area contributed by atoms with E-state index in [1.165, 1.54) is 24.1 Å². The number of nitrogens with zero attached hydrogens (tertiary/aromatic N) is 1. The minimum Gasteiger partial charge on any atom is -0.352 e. The molecule has 2 aliphatic rings. The molecule has 0 spiro atoms. The molecule has 1 aromatic carbocycles. The van der Waals surface area contributed by atoms with E-state index in [1.807, 2.05) is 18.2 Å². The van der Waals surface area contributed by atoms with Gasteiger partial charge in [-0.25, -0.2) is 0 Å². The standard InChI is InChI=1S/C17H22ClN3S/c1-21(2)10-11-6-5-8-13-15(11)19-17(22)20-16(13)12-7-3-4-9-14(12)18/h3-4,7,9,11,16H,5-6,8,10H2,1-2H3,(H2,19,20,22). The summed E-state index contributed by atoms with van der Waals surface area (Å²) < 4.78 is 0. The fourth-order valence-corrected chi connectivity index (χ4v) is 4.01. The van der Waals surface area contributed by atoms with Gasteiger partial charge in [-0.05, 0) is 62.8 Å². The molecule has 0 radical (unpaired) electrons. The van der Waals surface area contributed by atoms with Crippen molar-refractivity contribution in [2.75, 3.05) is 20.6 Å². The van der Waals surface area contributed by atoms with Gasteiger partial charge in [0.05, 0.1) is 6.04 Å². The first kappa shape index (κ1) is 15.8. The van der Waals surface area contributed by atoms with Crippen molar-refractivity contribution in [3.63, 3.8) is 0 Å². The van der Waals surface area contributed by atoms with Gasteiger partial charge in [-0.3, -0.25) is 0 Å². The smallest absolute Gasteiger partial charge is 0.171 e. The molecule has 1 aliphatic carbocycles. The Morgan fingerprint density at radius 2 is 2.09 bits per heavy atom. The van der Waals surface area contributed by atoms with Gasteiger partial charge in [-0.15, -0.1) is 0 Å². The fourth-order valence-electron chi connectivity index (χ4n) is 3.54. The maximum atomic E-state index is 6.42. The summed E-state index contributed by atoms with van der Waals surface area (Å²) in [5.41, 5.74) is 3.85. The molecule has 2 N–H and O–H groups in total. The molecule has 2 unspecified atom stereocenters. The van der Waals surface area contributed by atoms with Crippen LogP contribution in [-0.2, 0) is 0 Å². The third-order valence-electron chi connectivity index (χ3n) is 4.43. The predicted octanol–water partition coefficient (Wildman–Crippen LogP) is 3.47. The van der Waals surface area contributed by atoms with Crippen LogP contribution in [0, 0.1) is 5.92 Å². The lowest BCUT2D eigenvalue weighted by Gasteiger charge is -2.39. The SMILES string of the molecule is CN(C)CC1CCCC2=C1NC(=S)NC2c1ccccc1Cl. The van der Waals surface area contributed by atoms with Crippen LogP contribution in [0.5, 0.6) is 0 Å². The number of hydrogen-bond donors (Lipinski definition) is 2. The Labute approximate surface area is 142 Å². The molecule has 0 bridgehead atoms. The van der Waals surface area contributed by atoms with Crippen molar-refractivity contribution in [3.8, 4) is 0 Å². The largest absolute Gasteiger partial charge is 0.352 e. The van der Waals surface area contributed by atoms with E-state index in [1.54, 1.807) is 0 Å². The fraction of sp³-hybridized carbons (Fsp3) is 0.471. The summed E-state index contributed by atoms with van der Waals surface area (Å²) in [6.07, 6.45) is 3.52. The summed E-state index contributed by atoms with van der Waals surface area (Å²) in [6.45, 7) is 1.05. The molecule has 1 heterocycles. The van der Waals surface area contributed by atoms with Crippen molar-refractivity contribution in [1.29, 1.82) is 0 Å². The van der Waals surface area contributed by atoms with Crippen LogP contribution in [0.2, 0.25) is 5.02 Å². The van der Waals surface area contributed by atoms with Gasteiger partial charge in [0.15, 0.2) is 5.11 Å². The summed E-state index contributed by atoms with van der Waals surface area (Å²) in [5, 5.41) is 8.33. The highest BCUT2D eigenvalue weighted by Gasteiger charge is 2.33. The molecule has 0 amide bonds. The zero-order chi connectivity index (χ0) is 15.7. The van der Waals surface area contributed by atoms with E-state index in [-0.39, 0.29) is 6.04 Å². The third-order valence-corrected chi connectivity index (χ3v) is 4.99. The minimum absolute atomic E-state index is 0.0995. The van der Waals surface area contributed by atoms with E-state index in [9.17, 15) is 0 Å². The number of halogens is 1. The van der Waals surface area contributed by atoms with Gasteiger partial charge in [0.1, 0.15) is 0 Å². The van der Waals surface area contributed by atoms with E-state index in [4.69, 9.17) is 23.8 Å². The third kappa shape index (κ3) is 3.14. The zero-order valence-corrected chi connectivity index (χ0v) is 14.6. The second-order valence-electron chi connectivity index (χ2n) is 6.34. The van der Waals surface area contributed by atoms with Crippen LogP contribution >= 0.6 is 23.8 Å². The Balaban J connectivity index is 2.00. The second-order valence-corrected chi connectivity index (χ2v) is 7.16. The maximum Gasteiger partial charge on any atom is 0.171 e. The van der Waals surface area contributed by atoms with Crippen molar-refractivity contribution in [2.45, 2.75) is 25.3 Å². The monoisotopic (exact) mass is 335 g/mol. The molecule has 0 saturated heterocycles. The molecule has 0 fully saturated rings. The molecule has 118 valence electrons. The Bertz CT molecular complexity index is 612. The average molecular weight is 336 g/mol. The van der Waals surface area contributed by atoms with Crippen LogP contribution in [0.15, 0.2) is 35.5 Å². The lowest BCUT2D eigenvalue weighted by Crippen LogP contribution is -2.47. The van der Waals surface area contributed by atoms with Gasteiger partial charge in [0.2, 0.25) is 0 Å². The topological polar surface area (TPSA) is 27.3 Å². The minimum atomic E-state index is 0.0995. The van der Waals surface area contributed by atoms with Crippen molar-refractivity contribution < 1.29 is 0 Å². The van der Waals surface area contributed by atoms with Crippen LogP contribution < -0.4 is 10.6 Å². The van der Waals surface area contributed by atoms with Gasteiger partial charge in [0, 0.05) is 23.2 Å². The summed E-state index contributed by atoms with van der Waals surface area (Å²) in [6, 6.07) is 8.14. The summed E-state index contributed by atoms with van der Waals surface area (Å²) in [5.74, 6) is 0.517. The van der Waals surface area contributed by atoms with Gasteiger partial charge >= 0.3 is 0 Å². The second kappa shape index (κ2) is 6.57. The van der Waals surface area contributed by atoms with Gasteiger partial charge in [-0.2, -0.15) is 0 Å². The molecule has 1 aliphatic heterocycles. The number of hydrogen-bond acceptors (Lipinski definition) is 2. The predicted molar refractivity (Wildman–Crippen MR) is 96.0 cm³/mol. The number of nitrogens with one attached hydrogen (secondary N) is 2. The molecule has 5 heteroatoms. The summed E-state index contributed by atoms with van der Waals surface area (Å²) in [7, 11) is 4.25. The van der Waals surface area contributed by atoms with E-state index in [0.29, 0.717) is 11.0 Å². The molecule has 0 aromatic heterocycles. The average Bonchev–Trinajstić information content (AvgIpc) is 2.47. The summed E-state index contributed by atoms with van der Waals surface area (Å²) >= 11 is 11.9. The normalized spacial score (nSPS) is 24.8. The van der Waals surface area contributed by atoms with Crippen LogP contribution in [0.1, 0.15) is 30.9 Å². The van der Waals surface area contributed by atoms with E-state index in [2.05, 4.69) is 35.7 Å². The van der Waals surface area contributed by atoms with Crippen molar-refractivity contribution in [2.24, 2.45) is 5.92 Å². The first-order valence-corrected chi connectivity index (χ1v) is 8.54. The lowest BCUT2D eigenvalue weighted by molar-refractivity contribution is 0.314. The van der Waals surface area contributed by atoms with Crippen molar-refractivity contribution in [3.05, 3.63) is 46.1 Å². The summed E-state index contributed by atoms with van der Waals surface area (Å²) in [4.78, 5) is 2.25. The highest BCUT2D eigenvalue weighted by Crippen LogP contribution is 2.40. The Morgan fingerprint density at radius 1 is 1.32 bits per heavy atom. The van der Waals surface area contributed by atoms with Gasteiger partial charge in [-0.1, -0.05) is 29.8 Å². The first-order valence-electron chi connectivity index (χ1n) is 7.76. The molecule has 22 heavy (non-hydrogen) atoms. The molecule has 3 rings (SSSR count). The van der Waals surface area contributed by atoms with Gasteiger partial charge in [0.25, 0.3) is 0 Å². The lowest BCUT2D eigenvalue weighted by atomic mass is 9.80. The highest BCUT2D eigenvalue weighted by atomic mass is 35.5. The van der Waals surface area contributed by atoms with E-state index in [0.717, 1.165) is 23.6 Å². The van der Waals surface area contributed by atoms with E-state index < -0.39 is 0 Å². The van der Waals surface area contributed by atoms with Crippen LogP contribution in [0.3, 0.4) is 0 Å². The van der Waals surface area contributed by atoms with Crippen LogP contribution in [0.4, 0.5) is 0 Å². The Morgan fingerprint density at radius 3 is 2.82 bits per heavy atom. The Hall–Kier alpha value is -1.10. The van der Waals surface area contributed by atoms with Crippen molar-refractivity contribution >= 4 is 28.9 Å². The number of rotatable bonds is 3.